The quantitative estimate of drug-likeness (QED) is 0.733. The van der Waals surface area contributed by atoms with Crippen LogP contribution in [0.15, 0.2) is 24.4 Å². The molecule has 0 radical (unpaired) electrons. The summed E-state index contributed by atoms with van der Waals surface area (Å²) in [6, 6.07) is 5.72. The van der Waals surface area contributed by atoms with Gasteiger partial charge in [0.15, 0.2) is 11.6 Å². The Morgan fingerprint density at radius 1 is 1.39 bits per heavy atom. The lowest BCUT2D eigenvalue weighted by Crippen LogP contribution is -2.44. The van der Waals surface area contributed by atoms with Crippen LogP contribution < -0.4 is 15.1 Å². The number of hydrogen-bond donors (Lipinski definition) is 1. The van der Waals surface area contributed by atoms with Crippen LogP contribution in [0.1, 0.15) is 25.8 Å². The van der Waals surface area contributed by atoms with Crippen molar-refractivity contribution in [3.8, 4) is 0 Å². The van der Waals surface area contributed by atoms with E-state index in [1.54, 1.807) is 18.1 Å². The van der Waals surface area contributed by atoms with E-state index in [9.17, 15) is 9.59 Å². The number of halogens is 1. The molecular formula is C22H26ClN5O3. The number of aromatic nitrogens is 2. The second kappa shape index (κ2) is 8.80. The highest BCUT2D eigenvalue weighted by molar-refractivity contribution is 6.32. The van der Waals surface area contributed by atoms with Gasteiger partial charge in [-0.1, -0.05) is 18.5 Å². The van der Waals surface area contributed by atoms with Gasteiger partial charge in [-0.05, 0) is 43.0 Å². The normalized spacial score (nSPS) is 20.7. The maximum atomic E-state index is 12.5. The predicted molar refractivity (Wildman–Crippen MR) is 120 cm³/mol. The van der Waals surface area contributed by atoms with Crippen LogP contribution in [0.2, 0.25) is 5.02 Å². The number of amides is 1. The Balaban J connectivity index is 1.55. The molecule has 1 aromatic carbocycles. The van der Waals surface area contributed by atoms with Crippen molar-refractivity contribution in [2.24, 2.45) is 5.92 Å². The molecule has 4 rings (SSSR count). The summed E-state index contributed by atoms with van der Waals surface area (Å²) in [6.07, 6.45) is 2.46. The van der Waals surface area contributed by atoms with Gasteiger partial charge in [-0.3, -0.25) is 9.59 Å². The van der Waals surface area contributed by atoms with Crippen LogP contribution in [0.25, 0.3) is 0 Å². The summed E-state index contributed by atoms with van der Waals surface area (Å²) in [4.78, 5) is 36.6. The lowest BCUT2D eigenvalue weighted by Gasteiger charge is -2.31. The number of nitrogens with one attached hydrogen (secondary N) is 1. The van der Waals surface area contributed by atoms with Crippen molar-refractivity contribution in [2.75, 3.05) is 41.9 Å². The number of anilines is 4. The van der Waals surface area contributed by atoms with E-state index in [4.69, 9.17) is 16.3 Å². The fraction of sp³-hybridized carbons (Fsp3) is 0.455. The van der Waals surface area contributed by atoms with Crippen LogP contribution in [0.3, 0.4) is 0 Å². The molecule has 8 nitrogen and oxygen atoms in total. The van der Waals surface area contributed by atoms with Gasteiger partial charge in [0.2, 0.25) is 5.95 Å². The maximum Gasteiger partial charge on any atom is 0.256 e. The van der Waals surface area contributed by atoms with Crippen molar-refractivity contribution >= 4 is 46.4 Å². The molecule has 2 aliphatic rings. The molecule has 0 saturated carbocycles. The molecule has 1 unspecified atom stereocenters. The van der Waals surface area contributed by atoms with Crippen LogP contribution in [0.5, 0.6) is 0 Å². The van der Waals surface area contributed by atoms with Crippen molar-refractivity contribution < 1.29 is 14.3 Å². The number of carbonyl (C=O) groups is 2. The van der Waals surface area contributed by atoms with Gasteiger partial charge in [-0.15, -0.1) is 0 Å². The predicted octanol–water partition coefficient (Wildman–Crippen LogP) is 3.21. The molecule has 0 spiro atoms. The van der Waals surface area contributed by atoms with Crippen molar-refractivity contribution in [1.29, 1.82) is 0 Å². The number of ether oxygens (including phenoxy) is 1. The molecule has 0 bridgehead atoms. The second-order valence-corrected chi connectivity index (χ2v) is 8.69. The summed E-state index contributed by atoms with van der Waals surface area (Å²) >= 11 is 6.35. The van der Waals surface area contributed by atoms with E-state index in [0.29, 0.717) is 29.1 Å². The van der Waals surface area contributed by atoms with Crippen LogP contribution in [0.4, 0.5) is 23.1 Å². The number of benzene rings is 1. The summed E-state index contributed by atoms with van der Waals surface area (Å²) in [5.74, 6) is 1.55. The highest BCUT2D eigenvalue weighted by atomic mass is 35.5. The van der Waals surface area contributed by atoms with E-state index >= 15 is 0 Å². The second-order valence-electron chi connectivity index (χ2n) is 8.28. The van der Waals surface area contributed by atoms with Gasteiger partial charge in [0.1, 0.15) is 17.7 Å². The fourth-order valence-electron chi connectivity index (χ4n) is 3.98. The third-order valence-corrected chi connectivity index (χ3v) is 5.92. The van der Waals surface area contributed by atoms with Gasteiger partial charge >= 0.3 is 0 Å². The Kier molecular flexibility index (Phi) is 6.11. The molecule has 3 heterocycles. The molecule has 1 saturated heterocycles. The first kappa shape index (κ1) is 21.5. The van der Waals surface area contributed by atoms with Gasteiger partial charge in [-0.2, -0.15) is 4.98 Å². The number of carbonyl (C=O) groups excluding carboxylic acids is 2. The Hall–Kier alpha value is -2.71. The number of Topliss-reactive ketones (excluding diaryl/α,β-unsaturated/α-hetero) is 1. The van der Waals surface area contributed by atoms with E-state index in [0.717, 1.165) is 36.4 Å². The molecule has 1 amide bonds. The third-order valence-electron chi connectivity index (χ3n) is 5.64. The molecule has 2 aliphatic heterocycles. The number of ketones is 1. The Morgan fingerprint density at radius 2 is 2.19 bits per heavy atom. The molecule has 1 fully saturated rings. The lowest BCUT2D eigenvalue weighted by atomic mass is 9.98. The van der Waals surface area contributed by atoms with E-state index < -0.39 is 6.10 Å². The van der Waals surface area contributed by atoms with Crippen LogP contribution in [-0.4, -0.2) is 54.5 Å². The molecule has 1 N–H and O–H groups in total. The third kappa shape index (κ3) is 4.65. The van der Waals surface area contributed by atoms with Gasteiger partial charge < -0.3 is 19.9 Å². The lowest BCUT2D eigenvalue weighted by molar-refractivity contribution is -0.134. The molecule has 1 aromatic heterocycles. The zero-order valence-corrected chi connectivity index (χ0v) is 18.6. The van der Waals surface area contributed by atoms with E-state index in [2.05, 4.69) is 27.1 Å². The first-order valence-electron chi connectivity index (χ1n) is 10.4. The van der Waals surface area contributed by atoms with E-state index in [1.807, 2.05) is 18.2 Å². The van der Waals surface area contributed by atoms with Gasteiger partial charge in [0.25, 0.3) is 5.91 Å². The van der Waals surface area contributed by atoms with Crippen LogP contribution in [-0.2, 0) is 20.7 Å². The Labute approximate surface area is 186 Å². The van der Waals surface area contributed by atoms with Crippen molar-refractivity contribution in [3.05, 3.63) is 35.0 Å². The van der Waals surface area contributed by atoms with Crippen molar-refractivity contribution in [3.63, 3.8) is 0 Å². The number of likely N-dealkylation sites (N-methyl/N-ethyl adjacent to an activating group) is 1. The maximum absolute atomic E-state index is 12.5. The first-order valence-corrected chi connectivity index (χ1v) is 10.8. The zero-order valence-electron chi connectivity index (χ0n) is 17.9. The average molecular weight is 444 g/mol. The van der Waals surface area contributed by atoms with Crippen molar-refractivity contribution in [1.82, 2.24) is 9.97 Å². The van der Waals surface area contributed by atoms with Crippen molar-refractivity contribution in [2.45, 2.75) is 32.8 Å². The van der Waals surface area contributed by atoms with E-state index in [1.165, 1.54) is 6.92 Å². The minimum Gasteiger partial charge on any atom is -0.360 e. The van der Waals surface area contributed by atoms with Gasteiger partial charge in [0.05, 0.1) is 6.20 Å². The van der Waals surface area contributed by atoms with Crippen LogP contribution in [0, 0.1) is 5.92 Å². The van der Waals surface area contributed by atoms with E-state index in [-0.39, 0.29) is 18.3 Å². The SMILES string of the molecule is CC(=O)COC1Cc2cc(Nc3nc(N4CC[C@H](C)C4)ncc3Cl)ccc2N(C)C1=O. The molecule has 2 aromatic rings. The smallest absolute Gasteiger partial charge is 0.256 e. The first-order chi connectivity index (χ1) is 14.8. The number of hydrogen-bond acceptors (Lipinski definition) is 7. The topological polar surface area (TPSA) is 87.7 Å². The number of rotatable bonds is 6. The van der Waals surface area contributed by atoms with Gasteiger partial charge in [-0.25, -0.2) is 4.98 Å². The fourth-order valence-corrected chi connectivity index (χ4v) is 4.11. The minimum absolute atomic E-state index is 0.0774. The summed E-state index contributed by atoms with van der Waals surface area (Å²) in [5.41, 5.74) is 2.56. The number of nitrogens with zero attached hydrogens (tertiary/aromatic N) is 4. The highest BCUT2D eigenvalue weighted by Gasteiger charge is 2.32. The summed E-state index contributed by atoms with van der Waals surface area (Å²) < 4.78 is 5.53. The largest absolute Gasteiger partial charge is 0.360 e. The Morgan fingerprint density at radius 3 is 2.90 bits per heavy atom. The summed E-state index contributed by atoms with van der Waals surface area (Å²) in [6.45, 7) is 5.45. The molecule has 9 heteroatoms. The average Bonchev–Trinajstić information content (AvgIpc) is 3.17. The summed E-state index contributed by atoms with van der Waals surface area (Å²) in [5, 5.41) is 3.71. The molecular weight excluding hydrogens is 418 g/mol. The number of fused-ring (bicyclic) bond motifs is 1. The summed E-state index contributed by atoms with van der Waals surface area (Å²) in [7, 11) is 1.71. The molecule has 2 atom stereocenters. The molecule has 164 valence electrons. The minimum atomic E-state index is -0.678. The molecule has 31 heavy (non-hydrogen) atoms. The Bertz CT molecular complexity index is 1010. The van der Waals surface area contributed by atoms with Gasteiger partial charge in [0, 0.05) is 37.9 Å². The van der Waals surface area contributed by atoms with Crippen LogP contribution >= 0.6 is 11.6 Å². The highest BCUT2D eigenvalue weighted by Crippen LogP contribution is 2.33. The zero-order chi connectivity index (χ0) is 22.1. The molecule has 0 aliphatic carbocycles. The standard InChI is InChI=1S/C22H26ClN5O3/c1-13-6-7-28(11-13)22-24-10-17(23)20(26-22)25-16-4-5-18-15(8-16)9-19(21(30)27(18)3)31-12-14(2)29/h4-5,8,10,13,19H,6-7,9,11-12H2,1-3H3,(H,24,25,26)/t13-,19?/m0/s1. The monoisotopic (exact) mass is 443 g/mol.